The van der Waals surface area contributed by atoms with Crippen molar-refractivity contribution in [3.63, 3.8) is 0 Å². The minimum atomic E-state index is -0.0266. The number of hydrogen-bond donors (Lipinski definition) is 0. The van der Waals surface area contributed by atoms with E-state index < -0.39 is 0 Å². The normalized spacial score (nSPS) is 12.9. The predicted octanol–water partition coefficient (Wildman–Crippen LogP) is 18.0. The lowest BCUT2D eigenvalue weighted by Gasteiger charge is -2.28. The number of fused-ring (bicyclic) bond motifs is 6. The molecule has 0 fully saturated rings. The molecule has 0 spiro atoms. The first-order valence-electron chi connectivity index (χ1n) is 24.2. The lowest BCUT2D eigenvalue weighted by atomic mass is 9.85. The molecule has 342 valence electrons. The Hall–Kier alpha value is -7.93. The van der Waals surface area contributed by atoms with Crippen LogP contribution in [-0.4, -0.2) is 16.2 Å². The molecule has 0 N–H and O–H groups in total. The smallest absolute Gasteiger partial charge is 0.137 e. The highest BCUT2D eigenvalue weighted by atomic mass is 32.1. The number of ether oxygens (including phenoxy) is 1. The van der Waals surface area contributed by atoms with Crippen LogP contribution in [0.1, 0.15) is 52.7 Å². The van der Waals surface area contributed by atoms with Gasteiger partial charge in [-0.25, -0.2) is 4.98 Å². The van der Waals surface area contributed by atoms with E-state index in [9.17, 15) is 0 Å². The third-order valence-electron chi connectivity index (χ3n) is 13.8. The monoisotopic (exact) mass is 926 g/mol. The van der Waals surface area contributed by atoms with Crippen molar-refractivity contribution in [1.82, 2.24) is 9.55 Å². The second kappa shape index (κ2) is 16.9. The number of rotatable bonds is 8. The van der Waals surface area contributed by atoms with Crippen molar-refractivity contribution in [1.29, 1.82) is 0 Å². The molecule has 0 radical (unpaired) electrons. The first kappa shape index (κ1) is 43.4. The van der Waals surface area contributed by atoms with E-state index in [-0.39, 0.29) is 10.8 Å². The first-order valence-corrected chi connectivity index (χ1v) is 25.0. The molecule has 0 saturated heterocycles. The van der Waals surface area contributed by atoms with Crippen LogP contribution in [0.2, 0.25) is 0 Å². The van der Waals surface area contributed by atoms with Crippen LogP contribution < -0.4 is 14.5 Å². The second-order valence-corrected chi connectivity index (χ2v) is 21.6. The van der Waals surface area contributed by atoms with Gasteiger partial charge in [-0.3, -0.25) is 4.57 Å². The zero-order valence-electron chi connectivity index (χ0n) is 40.4. The van der Waals surface area contributed by atoms with Crippen molar-refractivity contribution in [3.05, 3.63) is 218 Å². The van der Waals surface area contributed by atoms with Crippen molar-refractivity contribution in [2.75, 3.05) is 16.5 Å². The van der Waals surface area contributed by atoms with Gasteiger partial charge in [-0.2, -0.15) is 0 Å². The third kappa shape index (κ3) is 7.69. The molecule has 1 aliphatic rings. The Morgan fingerprint density at radius 2 is 1.14 bits per heavy atom. The van der Waals surface area contributed by atoms with Gasteiger partial charge in [0.2, 0.25) is 0 Å². The first-order chi connectivity index (χ1) is 34.0. The Kier molecular flexibility index (Phi) is 10.5. The van der Waals surface area contributed by atoms with Gasteiger partial charge in [0.15, 0.2) is 0 Å². The lowest BCUT2D eigenvalue weighted by Crippen LogP contribution is -2.25. The molecule has 0 aliphatic carbocycles. The summed E-state index contributed by atoms with van der Waals surface area (Å²) in [6.45, 7) is 14.2. The number of pyridine rings is 1. The summed E-state index contributed by atoms with van der Waals surface area (Å²) in [7, 11) is 0. The number of nitrogens with zero attached hydrogens (tertiary/aromatic N) is 4. The maximum Gasteiger partial charge on any atom is 0.137 e. The zero-order valence-corrected chi connectivity index (χ0v) is 41.3. The number of thiophene rings is 1. The zero-order chi connectivity index (χ0) is 47.7. The molecule has 0 bridgehead atoms. The van der Waals surface area contributed by atoms with E-state index in [0.29, 0.717) is 6.67 Å². The Balaban J connectivity index is 0.940. The molecule has 0 amide bonds. The predicted molar refractivity (Wildman–Crippen MR) is 296 cm³/mol. The van der Waals surface area contributed by atoms with Gasteiger partial charge in [-0.15, -0.1) is 11.3 Å². The van der Waals surface area contributed by atoms with Crippen LogP contribution in [0.3, 0.4) is 0 Å². The van der Waals surface area contributed by atoms with E-state index in [2.05, 4.69) is 256 Å². The maximum absolute atomic E-state index is 6.88. The minimum Gasteiger partial charge on any atom is -0.457 e. The number of para-hydroxylation sites is 3. The number of aromatic nitrogens is 2. The highest BCUT2D eigenvalue weighted by molar-refractivity contribution is 7.26. The molecule has 5 nitrogen and oxygen atoms in total. The van der Waals surface area contributed by atoms with E-state index in [4.69, 9.17) is 9.72 Å². The van der Waals surface area contributed by atoms with Gasteiger partial charge < -0.3 is 14.5 Å². The second-order valence-electron chi connectivity index (χ2n) is 20.5. The summed E-state index contributed by atoms with van der Waals surface area (Å²) in [4.78, 5) is 9.90. The van der Waals surface area contributed by atoms with Crippen molar-refractivity contribution >= 4 is 65.3 Å². The molecule has 0 atom stereocenters. The Bertz CT molecular complexity index is 3760. The number of hydrogen-bond acceptors (Lipinski definition) is 5. The molecular formula is C64H54N4OS. The SMILES string of the molecule is CC(C)(C)c1ccc(-c2cccc(-c3cccc(-c4ccccc4)c3)c2N2CN(c3cccc(Oc4ccc5c6sc7ccccc7c6n(-c6cc(C(C)(C)C)ccn6)c5c4)c3)c3ccccc32)cc1. The molecule has 4 heterocycles. The van der Waals surface area contributed by atoms with Crippen LogP contribution >= 0.6 is 11.3 Å². The molecular weight excluding hydrogens is 873 g/mol. The maximum atomic E-state index is 6.88. The molecule has 1 aliphatic heterocycles. The van der Waals surface area contributed by atoms with Crippen LogP contribution in [0, 0.1) is 0 Å². The van der Waals surface area contributed by atoms with Crippen molar-refractivity contribution < 1.29 is 4.74 Å². The van der Waals surface area contributed by atoms with E-state index in [1.165, 1.54) is 75.9 Å². The van der Waals surface area contributed by atoms with Crippen molar-refractivity contribution in [2.24, 2.45) is 0 Å². The number of benzene rings is 8. The highest BCUT2D eigenvalue weighted by Crippen LogP contribution is 2.51. The fourth-order valence-corrected chi connectivity index (χ4v) is 11.4. The molecule has 0 saturated carbocycles. The van der Waals surface area contributed by atoms with E-state index in [1.54, 1.807) is 0 Å². The minimum absolute atomic E-state index is 0.0266. The molecule has 12 rings (SSSR count). The van der Waals surface area contributed by atoms with Crippen LogP contribution in [0.5, 0.6) is 11.5 Å². The molecule has 8 aromatic carbocycles. The quantitative estimate of drug-likeness (QED) is 0.152. The molecule has 70 heavy (non-hydrogen) atoms. The summed E-state index contributed by atoms with van der Waals surface area (Å²) in [6, 6.07) is 72.4. The third-order valence-corrected chi connectivity index (χ3v) is 15.0. The Morgan fingerprint density at radius 1 is 0.486 bits per heavy atom. The average molecular weight is 927 g/mol. The summed E-state index contributed by atoms with van der Waals surface area (Å²) < 4.78 is 11.7. The van der Waals surface area contributed by atoms with Gasteiger partial charge in [-0.05, 0) is 105 Å². The summed E-state index contributed by atoms with van der Waals surface area (Å²) >= 11 is 1.84. The molecule has 11 aromatic rings. The van der Waals surface area contributed by atoms with Gasteiger partial charge in [-0.1, -0.05) is 169 Å². The Labute approximate surface area is 414 Å². The van der Waals surface area contributed by atoms with Crippen LogP contribution in [0.15, 0.2) is 206 Å². The largest absolute Gasteiger partial charge is 0.457 e. The highest BCUT2D eigenvalue weighted by Gasteiger charge is 2.32. The van der Waals surface area contributed by atoms with Crippen molar-refractivity contribution in [3.8, 4) is 50.7 Å². The van der Waals surface area contributed by atoms with Gasteiger partial charge in [0, 0.05) is 50.6 Å². The van der Waals surface area contributed by atoms with Crippen LogP contribution in [-0.2, 0) is 10.8 Å². The average Bonchev–Trinajstić information content (AvgIpc) is 4.05. The summed E-state index contributed by atoms with van der Waals surface area (Å²) in [5, 5.41) is 2.41. The van der Waals surface area contributed by atoms with Gasteiger partial charge >= 0.3 is 0 Å². The van der Waals surface area contributed by atoms with E-state index in [0.717, 1.165) is 39.9 Å². The summed E-state index contributed by atoms with van der Waals surface area (Å²) in [5.41, 5.74) is 16.4. The Morgan fingerprint density at radius 3 is 1.93 bits per heavy atom. The summed E-state index contributed by atoms with van der Waals surface area (Å²) in [6.07, 6.45) is 1.94. The number of anilines is 4. The van der Waals surface area contributed by atoms with Gasteiger partial charge in [0.05, 0.1) is 32.8 Å². The van der Waals surface area contributed by atoms with Gasteiger partial charge in [0.25, 0.3) is 0 Å². The molecule has 6 heteroatoms. The summed E-state index contributed by atoms with van der Waals surface area (Å²) in [5.74, 6) is 2.44. The fourth-order valence-electron chi connectivity index (χ4n) is 10.2. The standard InChI is InChI=1S/C64H54N4OS/c1-63(2,3)46-31-29-43(30-32-46)51-24-16-25-52(45-20-14-19-44(37-45)42-17-8-7-9-18-42)60(51)67-41-66(55-26-11-12-27-56(55)67)48-21-15-22-49(39-48)69-50-33-34-53-57(40-50)68(59-38-47(35-36-65-59)64(4,5)6)61-54-23-10-13-28-58(54)70-62(53)61/h7-40H,41H2,1-6H3. The molecule has 3 aromatic heterocycles. The lowest BCUT2D eigenvalue weighted by molar-refractivity contribution is 0.483. The van der Waals surface area contributed by atoms with E-state index >= 15 is 0 Å². The van der Waals surface area contributed by atoms with Crippen LogP contribution in [0.4, 0.5) is 22.7 Å². The fraction of sp³-hybridized carbons (Fsp3) is 0.141. The molecule has 0 unspecified atom stereocenters. The van der Waals surface area contributed by atoms with Crippen LogP contribution in [0.25, 0.3) is 70.4 Å². The van der Waals surface area contributed by atoms with E-state index in [1.807, 2.05) is 17.5 Å². The topological polar surface area (TPSA) is 33.5 Å². The van der Waals surface area contributed by atoms with Crippen molar-refractivity contribution in [2.45, 2.75) is 52.4 Å². The van der Waals surface area contributed by atoms with Gasteiger partial charge in [0.1, 0.15) is 24.0 Å².